The van der Waals surface area contributed by atoms with Crippen LogP contribution in [0, 0.1) is 0 Å². The maximum absolute atomic E-state index is 4.25. The molecule has 0 amide bonds. The molecule has 98 valence electrons. The molecule has 0 saturated carbocycles. The van der Waals surface area contributed by atoms with Gasteiger partial charge in [0.15, 0.2) is 5.65 Å². The summed E-state index contributed by atoms with van der Waals surface area (Å²) in [6.45, 7) is 3.19. The third-order valence-corrected chi connectivity index (χ3v) is 2.91. The second kappa shape index (κ2) is 6.88. The Hall–Kier alpha value is -1.72. The van der Waals surface area contributed by atoms with E-state index in [2.05, 4.69) is 32.9 Å². The van der Waals surface area contributed by atoms with E-state index in [-0.39, 0.29) is 0 Å². The van der Waals surface area contributed by atoms with Gasteiger partial charge in [0.25, 0.3) is 0 Å². The van der Waals surface area contributed by atoms with E-state index < -0.39 is 0 Å². The second-order valence-corrected chi connectivity index (χ2v) is 4.44. The highest BCUT2D eigenvalue weighted by molar-refractivity contribution is 5.41. The highest BCUT2D eigenvalue weighted by Gasteiger charge is 1.99. The molecule has 0 saturated heterocycles. The third kappa shape index (κ3) is 3.65. The van der Waals surface area contributed by atoms with Gasteiger partial charge in [-0.15, -0.1) is 14.8 Å². The Kier molecular flexibility index (Phi) is 4.87. The lowest BCUT2D eigenvalue weighted by Crippen LogP contribution is -2.06. The van der Waals surface area contributed by atoms with Gasteiger partial charge in [0.2, 0.25) is 0 Å². The molecule has 0 aliphatic heterocycles. The van der Waals surface area contributed by atoms with Crippen molar-refractivity contribution in [2.24, 2.45) is 0 Å². The summed E-state index contributed by atoms with van der Waals surface area (Å²) in [6.07, 6.45) is 7.79. The van der Waals surface area contributed by atoms with Gasteiger partial charge in [-0.1, -0.05) is 39.0 Å². The molecule has 18 heavy (non-hydrogen) atoms. The first kappa shape index (κ1) is 12.7. The van der Waals surface area contributed by atoms with Crippen molar-refractivity contribution < 1.29 is 0 Å². The van der Waals surface area contributed by atoms with Crippen LogP contribution < -0.4 is 5.32 Å². The van der Waals surface area contributed by atoms with Gasteiger partial charge in [-0.05, 0) is 29.0 Å². The van der Waals surface area contributed by atoms with Gasteiger partial charge < -0.3 is 5.32 Å². The molecule has 2 aromatic heterocycles. The molecule has 0 radical (unpaired) electrons. The van der Waals surface area contributed by atoms with Crippen molar-refractivity contribution in [1.82, 2.24) is 25.3 Å². The quantitative estimate of drug-likeness (QED) is 0.726. The third-order valence-electron chi connectivity index (χ3n) is 2.91. The van der Waals surface area contributed by atoms with Crippen LogP contribution in [0.15, 0.2) is 12.1 Å². The van der Waals surface area contributed by atoms with E-state index in [9.17, 15) is 0 Å². The molecule has 2 aromatic rings. The maximum atomic E-state index is 4.25. The number of rotatable bonds is 8. The molecule has 0 aliphatic rings. The molecule has 0 aromatic carbocycles. The number of hydrogen-bond acceptors (Lipinski definition) is 5. The summed E-state index contributed by atoms with van der Waals surface area (Å²) in [5.74, 6) is 0.823. The summed E-state index contributed by atoms with van der Waals surface area (Å²) in [6, 6.07) is 3.76. The summed E-state index contributed by atoms with van der Waals surface area (Å²) in [5.41, 5.74) is 0.667. The zero-order valence-corrected chi connectivity index (χ0v) is 10.8. The number of aromatic nitrogens is 5. The maximum Gasteiger partial charge on any atom is 0.200 e. The minimum absolute atomic E-state index is 0.667. The van der Waals surface area contributed by atoms with Crippen LogP contribution in [0.1, 0.15) is 45.4 Å². The van der Waals surface area contributed by atoms with Crippen molar-refractivity contribution in [2.45, 2.75) is 45.4 Å². The Morgan fingerprint density at radius 2 is 1.94 bits per heavy atom. The van der Waals surface area contributed by atoms with Gasteiger partial charge >= 0.3 is 0 Å². The molecule has 0 unspecified atom stereocenters. The zero-order chi connectivity index (χ0) is 12.6. The molecule has 2 heterocycles. The zero-order valence-electron chi connectivity index (χ0n) is 10.8. The topological polar surface area (TPSA) is 68.0 Å². The first-order chi connectivity index (χ1) is 8.90. The largest absolute Gasteiger partial charge is 0.369 e. The van der Waals surface area contributed by atoms with Crippen molar-refractivity contribution in [2.75, 3.05) is 11.9 Å². The molecule has 6 nitrogen and oxygen atoms in total. The Bertz CT molecular complexity index is 466. The van der Waals surface area contributed by atoms with Crippen molar-refractivity contribution in [3.63, 3.8) is 0 Å². The predicted molar refractivity (Wildman–Crippen MR) is 70.4 cm³/mol. The number of anilines is 1. The van der Waals surface area contributed by atoms with Crippen molar-refractivity contribution in [1.29, 1.82) is 0 Å². The minimum atomic E-state index is 0.667. The van der Waals surface area contributed by atoms with Gasteiger partial charge in [0.1, 0.15) is 5.82 Å². The van der Waals surface area contributed by atoms with Gasteiger partial charge in [-0.2, -0.15) is 0 Å². The van der Waals surface area contributed by atoms with Crippen LogP contribution in [0.3, 0.4) is 0 Å². The van der Waals surface area contributed by atoms with Crippen LogP contribution in [0.25, 0.3) is 5.65 Å². The Morgan fingerprint density at radius 1 is 1.11 bits per heavy atom. The van der Waals surface area contributed by atoms with Crippen LogP contribution in [0.4, 0.5) is 5.82 Å². The Labute approximate surface area is 107 Å². The molecular weight excluding hydrogens is 228 g/mol. The van der Waals surface area contributed by atoms with Crippen molar-refractivity contribution in [3.05, 3.63) is 12.1 Å². The molecule has 0 bridgehead atoms. The van der Waals surface area contributed by atoms with Crippen LogP contribution in [-0.2, 0) is 0 Å². The molecule has 2 rings (SSSR count). The number of unbranched alkanes of at least 4 members (excludes halogenated alkanes) is 5. The summed E-state index contributed by atoms with van der Waals surface area (Å²) in [4.78, 5) is 0. The van der Waals surface area contributed by atoms with E-state index >= 15 is 0 Å². The summed E-state index contributed by atoms with van der Waals surface area (Å²) >= 11 is 0. The minimum Gasteiger partial charge on any atom is -0.369 e. The monoisotopic (exact) mass is 248 g/mol. The van der Waals surface area contributed by atoms with Crippen LogP contribution >= 0.6 is 0 Å². The number of fused-ring (bicyclic) bond motifs is 1. The highest BCUT2D eigenvalue weighted by Crippen LogP contribution is 2.06. The van der Waals surface area contributed by atoms with Gasteiger partial charge in [-0.3, -0.25) is 0 Å². The first-order valence-corrected chi connectivity index (χ1v) is 6.69. The van der Waals surface area contributed by atoms with Crippen LogP contribution in [0.2, 0.25) is 0 Å². The average molecular weight is 248 g/mol. The first-order valence-electron chi connectivity index (χ1n) is 6.69. The lowest BCUT2D eigenvalue weighted by Gasteiger charge is -2.04. The lowest BCUT2D eigenvalue weighted by atomic mass is 10.1. The highest BCUT2D eigenvalue weighted by atomic mass is 15.6. The summed E-state index contributed by atoms with van der Waals surface area (Å²) in [7, 11) is 0. The number of nitrogens with one attached hydrogen (secondary N) is 1. The van der Waals surface area contributed by atoms with Gasteiger partial charge in [-0.25, -0.2) is 0 Å². The van der Waals surface area contributed by atoms with E-state index in [1.54, 1.807) is 0 Å². The number of hydrogen-bond donors (Lipinski definition) is 1. The van der Waals surface area contributed by atoms with E-state index in [1.807, 2.05) is 12.1 Å². The smallest absolute Gasteiger partial charge is 0.200 e. The van der Waals surface area contributed by atoms with E-state index in [0.717, 1.165) is 12.4 Å². The molecule has 0 spiro atoms. The SMILES string of the molecule is CCCCCCCCNc1ccc2nnnn2n1. The molecule has 0 atom stereocenters. The van der Waals surface area contributed by atoms with Crippen molar-refractivity contribution >= 4 is 11.5 Å². The average Bonchev–Trinajstić information content (AvgIpc) is 2.85. The summed E-state index contributed by atoms with van der Waals surface area (Å²) < 4.78 is 1.43. The molecular formula is C12H20N6. The van der Waals surface area contributed by atoms with Crippen LogP contribution in [-0.4, -0.2) is 31.8 Å². The van der Waals surface area contributed by atoms with E-state index in [1.165, 1.54) is 43.2 Å². The van der Waals surface area contributed by atoms with Gasteiger partial charge in [0, 0.05) is 6.54 Å². The van der Waals surface area contributed by atoms with Gasteiger partial charge in [0.05, 0.1) is 0 Å². The second-order valence-electron chi connectivity index (χ2n) is 4.44. The van der Waals surface area contributed by atoms with E-state index in [0.29, 0.717) is 5.65 Å². The van der Waals surface area contributed by atoms with E-state index in [4.69, 9.17) is 0 Å². The fourth-order valence-electron chi connectivity index (χ4n) is 1.87. The summed E-state index contributed by atoms with van der Waals surface area (Å²) in [5, 5.41) is 18.7. The molecule has 6 heteroatoms. The Balaban J connectivity index is 1.67. The normalized spacial score (nSPS) is 10.9. The van der Waals surface area contributed by atoms with Crippen molar-refractivity contribution in [3.8, 4) is 0 Å². The Morgan fingerprint density at radius 3 is 2.83 bits per heavy atom. The standard InChI is InChI=1S/C12H20N6/c1-2-3-4-5-6-7-10-13-11-8-9-12-14-16-17-18(12)15-11/h8-9H,2-7,10H2,1H3,(H,13,15). The lowest BCUT2D eigenvalue weighted by molar-refractivity contribution is 0.616. The van der Waals surface area contributed by atoms with Crippen LogP contribution in [0.5, 0.6) is 0 Å². The number of tetrazole rings is 1. The fraction of sp³-hybridized carbons (Fsp3) is 0.667. The predicted octanol–water partition coefficient (Wildman–Crippen LogP) is 2.29. The number of nitrogens with zero attached hydrogens (tertiary/aromatic N) is 5. The fourth-order valence-corrected chi connectivity index (χ4v) is 1.87. The molecule has 0 aliphatic carbocycles. The molecule has 0 fully saturated rings. The molecule has 1 N–H and O–H groups in total.